The second-order valence-electron chi connectivity index (χ2n) is 8.26. The van der Waals surface area contributed by atoms with Gasteiger partial charge in [-0.05, 0) is 44.7 Å². The van der Waals surface area contributed by atoms with Crippen molar-refractivity contribution in [3.8, 4) is 0 Å². The van der Waals surface area contributed by atoms with E-state index in [1.165, 1.54) is 81.1 Å². The van der Waals surface area contributed by atoms with Crippen LogP contribution in [0.5, 0.6) is 0 Å². The minimum Gasteiger partial charge on any atom is -0.744 e. The molecule has 0 heterocycles. The van der Waals surface area contributed by atoms with Crippen LogP contribution in [0.25, 0.3) is 0 Å². The van der Waals surface area contributed by atoms with E-state index in [1.807, 2.05) is 6.92 Å². The van der Waals surface area contributed by atoms with Crippen molar-refractivity contribution in [3.63, 3.8) is 0 Å². The molecular weight excluding hydrogens is 386 g/mol. The number of unbranched alkanes of at least 4 members (excludes halogenated alkanes) is 6. The first-order chi connectivity index (χ1) is 13.7. The summed E-state index contributed by atoms with van der Waals surface area (Å²) in [6.45, 7) is 10.4. The molecule has 0 amide bonds. The molecule has 0 aromatic heterocycles. The van der Waals surface area contributed by atoms with Crippen molar-refractivity contribution in [1.82, 2.24) is 0 Å². The number of hydrogen-bond donors (Lipinski definition) is 1. The number of aryl methyl sites for hydroxylation is 1. The smallest absolute Gasteiger partial charge is 0.124 e. The van der Waals surface area contributed by atoms with Crippen LogP contribution in [0.4, 0.5) is 0 Å². The molecule has 1 aromatic rings. The zero-order valence-corrected chi connectivity index (χ0v) is 19.8. The molecule has 0 bridgehead atoms. The Labute approximate surface area is 179 Å². The number of aliphatic hydroxyl groups excluding tert-OH is 1. The van der Waals surface area contributed by atoms with Crippen LogP contribution in [0.1, 0.15) is 77.2 Å². The summed E-state index contributed by atoms with van der Waals surface area (Å²) < 4.78 is 32.3. The van der Waals surface area contributed by atoms with E-state index >= 15 is 0 Å². The van der Waals surface area contributed by atoms with Gasteiger partial charge in [-0.3, -0.25) is 0 Å². The minimum atomic E-state index is -4.27. The van der Waals surface area contributed by atoms with Gasteiger partial charge >= 0.3 is 0 Å². The molecule has 1 rings (SSSR count). The van der Waals surface area contributed by atoms with Crippen LogP contribution in [0.15, 0.2) is 29.2 Å². The van der Waals surface area contributed by atoms with Crippen molar-refractivity contribution in [2.75, 3.05) is 33.3 Å². The van der Waals surface area contributed by atoms with Crippen LogP contribution >= 0.6 is 0 Å². The Morgan fingerprint density at radius 1 is 0.828 bits per heavy atom. The Kier molecular flexibility index (Phi) is 15.3. The second-order valence-corrected chi connectivity index (χ2v) is 9.64. The highest BCUT2D eigenvalue weighted by atomic mass is 32.2. The standard InChI is InChI=1S/C16H36NO.C7H8O3S/c1-4-6-8-10-13-17(3,15-12-16-18)14-11-9-7-5-2;1-6-2-4-7(5-3-6)11(8,9)10/h18H,4-16H2,1-3H3;2-5H,1H3,(H,8,9,10)/q+1;/p-1. The lowest BCUT2D eigenvalue weighted by atomic mass is 10.1. The molecule has 0 radical (unpaired) electrons. The van der Waals surface area contributed by atoms with Crippen molar-refractivity contribution in [1.29, 1.82) is 0 Å². The number of rotatable bonds is 14. The second kappa shape index (κ2) is 15.8. The molecule has 5 nitrogen and oxygen atoms in total. The van der Waals surface area contributed by atoms with Crippen molar-refractivity contribution in [2.24, 2.45) is 0 Å². The zero-order valence-electron chi connectivity index (χ0n) is 19.0. The molecular formula is C23H43NO4S. The van der Waals surface area contributed by atoms with Gasteiger partial charge in [0.05, 0.1) is 31.6 Å². The molecule has 170 valence electrons. The highest BCUT2D eigenvalue weighted by Gasteiger charge is 2.19. The number of aliphatic hydroxyl groups is 1. The van der Waals surface area contributed by atoms with E-state index in [9.17, 15) is 13.0 Å². The van der Waals surface area contributed by atoms with Crippen LogP contribution in [-0.2, 0) is 10.1 Å². The maximum absolute atomic E-state index is 10.4. The Bertz CT molecular complexity index is 602. The third-order valence-corrected chi connectivity index (χ3v) is 6.12. The van der Waals surface area contributed by atoms with E-state index in [4.69, 9.17) is 5.11 Å². The minimum absolute atomic E-state index is 0.178. The first-order valence-electron chi connectivity index (χ1n) is 11.2. The normalized spacial score (nSPS) is 11.8. The van der Waals surface area contributed by atoms with Gasteiger partial charge in [0.2, 0.25) is 0 Å². The summed E-state index contributed by atoms with van der Waals surface area (Å²) in [5, 5.41) is 9.04. The molecule has 0 aliphatic heterocycles. The van der Waals surface area contributed by atoms with Crippen molar-refractivity contribution < 1.29 is 22.6 Å². The summed E-state index contributed by atoms with van der Waals surface area (Å²) in [6, 6.07) is 5.78. The summed E-state index contributed by atoms with van der Waals surface area (Å²) in [6.07, 6.45) is 11.8. The van der Waals surface area contributed by atoms with E-state index in [0.717, 1.165) is 18.5 Å². The Balaban J connectivity index is 0.000000604. The van der Waals surface area contributed by atoms with E-state index in [-0.39, 0.29) is 4.90 Å². The van der Waals surface area contributed by atoms with Gasteiger partial charge in [-0.15, -0.1) is 0 Å². The third-order valence-electron chi connectivity index (χ3n) is 5.27. The highest BCUT2D eigenvalue weighted by molar-refractivity contribution is 7.85. The van der Waals surface area contributed by atoms with Gasteiger partial charge in [0.25, 0.3) is 0 Å². The van der Waals surface area contributed by atoms with Crippen molar-refractivity contribution in [3.05, 3.63) is 29.8 Å². The Morgan fingerprint density at radius 3 is 1.66 bits per heavy atom. The highest BCUT2D eigenvalue weighted by Crippen LogP contribution is 2.13. The Hall–Kier alpha value is -0.950. The maximum atomic E-state index is 10.4. The van der Waals surface area contributed by atoms with Crippen molar-refractivity contribution >= 4 is 10.1 Å². The molecule has 0 saturated heterocycles. The van der Waals surface area contributed by atoms with Gasteiger partial charge in [-0.25, -0.2) is 8.42 Å². The topological polar surface area (TPSA) is 77.4 Å². The molecule has 6 heteroatoms. The molecule has 0 saturated carbocycles. The first kappa shape index (κ1) is 28.1. The van der Waals surface area contributed by atoms with E-state index in [1.54, 1.807) is 12.1 Å². The number of quaternary nitrogens is 1. The van der Waals surface area contributed by atoms with Crippen LogP contribution in [0.3, 0.4) is 0 Å². The third kappa shape index (κ3) is 14.6. The predicted molar refractivity (Wildman–Crippen MR) is 120 cm³/mol. The molecule has 0 unspecified atom stereocenters. The largest absolute Gasteiger partial charge is 0.744 e. The monoisotopic (exact) mass is 429 g/mol. The first-order valence-corrected chi connectivity index (χ1v) is 12.6. The number of nitrogens with zero attached hydrogens (tertiary/aromatic N) is 1. The summed E-state index contributed by atoms with van der Waals surface area (Å²) >= 11 is 0. The lowest BCUT2D eigenvalue weighted by molar-refractivity contribution is -0.910. The van der Waals surface area contributed by atoms with Gasteiger partial charge in [-0.1, -0.05) is 57.2 Å². The van der Waals surface area contributed by atoms with Gasteiger partial charge in [0.1, 0.15) is 10.1 Å². The fraction of sp³-hybridized carbons (Fsp3) is 0.739. The quantitative estimate of drug-likeness (QED) is 0.260. The lowest BCUT2D eigenvalue weighted by Crippen LogP contribution is -2.46. The average molecular weight is 430 g/mol. The van der Waals surface area contributed by atoms with Gasteiger partial charge in [0.15, 0.2) is 0 Å². The van der Waals surface area contributed by atoms with Crippen LogP contribution in [0, 0.1) is 6.92 Å². The van der Waals surface area contributed by atoms with Gasteiger partial charge < -0.3 is 14.1 Å². The Morgan fingerprint density at radius 2 is 1.28 bits per heavy atom. The molecule has 1 N–H and O–H groups in total. The zero-order chi connectivity index (χ0) is 22.2. The molecule has 29 heavy (non-hydrogen) atoms. The summed E-state index contributed by atoms with van der Waals surface area (Å²) in [5.41, 5.74) is 0.928. The van der Waals surface area contributed by atoms with E-state index in [2.05, 4.69) is 20.9 Å². The molecule has 0 aliphatic rings. The lowest BCUT2D eigenvalue weighted by Gasteiger charge is -2.35. The summed E-state index contributed by atoms with van der Waals surface area (Å²) in [5.74, 6) is 0. The van der Waals surface area contributed by atoms with E-state index < -0.39 is 10.1 Å². The van der Waals surface area contributed by atoms with Crippen molar-refractivity contribution in [2.45, 2.75) is 83.5 Å². The fourth-order valence-electron chi connectivity index (χ4n) is 3.33. The number of benzene rings is 1. The SMILES string of the molecule is CCCCCC[N+](C)(CCCO)CCCCCC.Cc1ccc(S(=O)(=O)[O-])cc1. The van der Waals surface area contributed by atoms with Crippen LogP contribution in [0.2, 0.25) is 0 Å². The molecule has 0 spiro atoms. The maximum Gasteiger partial charge on any atom is 0.124 e. The van der Waals surface area contributed by atoms with E-state index in [0.29, 0.717) is 6.61 Å². The molecule has 0 fully saturated rings. The summed E-state index contributed by atoms with van der Waals surface area (Å²) in [4.78, 5) is -0.178. The van der Waals surface area contributed by atoms with Gasteiger partial charge in [-0.2, -0.15) is 0 Å². The molecule has 0 atom stereocenters. The molecule has 1 aromatic carbocycles. The number of hydrogen-bond acceptors (Lipinski definition) is 4. The van der Waals surface area contributed by atoms with Crippen LogP contribution in [-0.4, -0.2) is 55.8 Å². The predicted octanol–water partition coefficient (Wildman–Crippen LogP) is 4.88. The van der Waals surface area contributed by atoms with Gasteiger partial charge in [0, 0.05) is 13.0 Å². The van der Waals surface area contributed by atoms with Crippen LogP contribution < -0.4 is 0 Å². The average Bonchev–Trinajstić information content (AvgIpc) is 2.67. The fourth-order valence-corrected chi connectivity index (χ4v) is 3.80. The summed E-state index contributed by atoms with van der Waals surface area (Å²) in [7, 11) is -1.89. The molecule has 0 aliphatic carbocycles.